The maximum Gasteiger partial charge on any atom is 0.335 e. The third-order valence-electron chi connectivity index (χ3n) is 5.08. The van der Waals surface area contributed by atoms with Crippen LogP contribution < -0.4 is 4.74 Å². The molecule has 1 saturated heterocycles. The van der Waals surface area contributed by atoms with E-state index in [1.807, 2.05) is 30.9 Å². The third-order valence-corrected chi connectivity index (χ3v) is 5.08. The van der Waals surface area contributed by atoms with Crippen LogP contribution in [-0.4, -0.2) is 65.1 Å². The zero-order valence-corrected chi connectivity index (χ0v) is 17.4. The Bertz CT molecular complexity index is 704. The van der Waals surface area contributed by atoms with E-state index in [4.69, 9.17) is 9.84 Å². The number of nitrogens with zero attached hydrogens (tertiary/aromatic N) is 2. The number of amides is 1. The lowest BCUT2D eigenvalue weighted by Gasteiger charge is -2.27. The Labute approximate surface area is 173 Å². The van der Waals surface area contributed by atoms with Gasteiger partial charge in [0.25, 0.3) is 0 Å². The van der Waals surface area contributed by atoms with Gasteiger partial charge in [-0.05, 0) is 36.6 Å². The highest BCUT2D eigenvalue weighted by Gasteiger charge is 2.37. The molecule has 1 amide bonds. The first-order chi connectivity index (χ1) is 13.8. The molecule has 0 saturated carbocycles. The van der Waals surface area contributed by atoms with Crippen molar-refractivity contribution in [1.82, 2.24) is 9.80 Å². The molecule has 2 atom stereocenters. The van der Waals surface area contributed by atoms with Gasteiger partial charge in [-0.3, -0.25) is 9.69 Å². The molecule has 6 heteroatoms. The van der Waals surface area contributed by atoms with Crippen molar-refractivity contribution in [3.8, 4) is 5.75 Å². The Morgan fingerprint density at radius 2 is 1.86 bits per heavy atom. The van der Waals surface area contributed by atoms with Crippen molar-refractivity contribution in [3.63, 3.8) is 0 Å². The van der Waals surface area contributed by atoms with Crippen LogP contribution in [0.5, 0.6) is 5.75 Å². The summed E-state index contributed by atoms with van der Waals surface area (Å²) in [5, 5.41) is 9.01. The van der Waals surface area contributed by atoms with E-state index >= 15 is 0 Å². The van der Waals surface area contributed by atoms with Gasteiger partial charge in [-0.1, -0.05) is 26.0 Å². The van der Waals surface area contributed by atoms with Crippen LogP contribution >= 0.6 is 0 Å². The zero-order chi connectivity index (χ0) is 21.4. The maximum absolute atomic E-state index is 12.8. The Hall–Kier alpha value is -2.60. The van der Waals surface area contributed by atoms with E-state index in [1.165, 1.54) is 12.1 Å². The number of benzene rings is 1. The smallest absolute Gasteiger partial charge is 0.335 e. The summed E-state index contributed by atoms with van der Waals surface area (Å²) in [5.74, 6) is 0.0764. The van der Waals surface area contributed by atoms with Gasteiger partial charge in [0, 0.05) is 32.1 Å². The molecule has 1 N–H and O–H groups in total. The van der Waals surface area contributed by atoms with Crippen molar-refractivity contribution >= 4 is 11.9 Å². The molecule has 1 heterocycles. The van der Waals surface area contributed by atoms with Gasteiger partial charge in [-0.2, -0.15) is 0 Å². The molecule has 0 radical (unpaired) electrons. The number of carbonyl (C=O) groups is 2. The molecule has 2 rings (SSSR count). The number of carboxylic acids is 1. The normalized spacial score (nSPS) is 18.8. The molecule has 1 fully saturated rings. The van der Waals surface area contributed by atoms with Crippen molar-refractivity contribution in [2.45, 2.75) is 38.8 Å². The number of carbonyl (C=O) groups excluding carboxylic acids is 1. The quantitative estimate of drug-likeness (QED) is 0.576. The predicted octanol–water partition coefficient (Wildman–Crippen LogP) is 3.45. The number of rotatable bonds is 11. The maximum atomic E-state index is 12.8. The summed E-state index contributed by atoms with van der Waals surface area (Å²) < 4.78 is 5.91. The lowest BCUT2D eigenvalue weighted by Crippen LogP contribution is -2.41. The van der Waals surface area contributed by atoms with Crippen LogP contribution in [0.3, 0.4) is 0 Å². The first-order valence-electron chi connectivity index (χ1n) is 10.1. The molecule has 0 spiro atoms. The fourth-order valence-corrected chi connectivity index (χ4v) is 3.68. The van der Waals surface area contributed by atoms with Crippen LogP contribution in [0, 0.1) is 5.92 Å². The number of hydrogen-bond donors (Lipinski definition) is 1. The van der Waals surface area contributed by atoms with Gasteiger partial charge in [0.05, 0.1) is 11.6 Å². The summed E-state index contributed by atoms with van der Waals surface area (Å²) in [6, 6.07) is 6.54. The van der Waals surface area contributed by atoms with Crippen LogP contribution in [-0.2, 0) is 4.79 Å². The molecule has 1 aromatic rings. The topological polar surface area (TPSA) is 70.1 Å². The second kappa shape index (κ2) is 10.8. The third kappa shape index (κ3) is 6.46. The number of hydrogen-bond acceptors (Lipinski definition) is 4. The number of carboxylic acid groups (broad SMARTS) is 1. The fourth-order valence-electron chi connectivity index (χ4n) is 3.68. The summed E-state index contributed by atoms with van der Waals surface area (Å²) in [6.07, 6.45) is 5.08. The van der Waals surface area contributed by atoms with Gasteiger partial charge in [0.1, 0.15) is 12.4 Å². The average molecular weight is 401 g/mol. The lowest BCUT2D eigenvalue weighted by atomic mass is 10.1. The highest BCUT2D eigenvalue weighted by Crippen LogP contribution is 2.25. The highest BCUT2D eigenvalue weighted by atomic mass is 16.5. The zero-order valence-electron chi connectivity index (χ0n) is 17.4. The van der Waals surface area contributed by atoms with Gasteiger partial charge >= 0.3 is 5.97 Å². The Morgan fingerprint density at radius 1 is 1.24 bits per heavy atom. The van der Waals surface area contributed by atoms with Crippen LogP contribution in [0.2, 0.25) is 0 Å². The first kappa shape index (κ1) is 22.7. The minimum Gasteiger partial charge on any atom is -0.491 e. The Balaban J connectivity index is 2.09. The molecule has 29 heavy (non-hydrogen) atoms. The highest BCUT2D eigenvalue weighted by molar-refractivity contribution is 5.87. The van der Waals surface area contributed by atoms with E-state index in [-0.39, 0.29) is 23.6 Å². The molecule has 1 aliphatic heterocycles. The molecule has 1 aromatic carbocycles. The molecule has 0 bridgehead atoms. The molecular weight excluding hydrogens is 368 g/mol. The van der Waals surface area contributed by atoms with Crippen molar-refractivity contribution in [1.29, 1.82) is 0 Å². The number of aromatic carboxylic acids is 1. The summed E-state index contributed by atoms with van der Waals surface area (Å²) >= 11 is 0. The molecule has 0 aromatic heterocycles. The van der Waals surface area contributed by atoms with E-state index in [2.05, 4.69) is 18.1 Å². The van der Waals surface area contributed by atoms with Crippen molar-refractivity contribution < 1.29 is 19.4 Å². The summed E-state index contributed by atoms with van der Waals surface area (Å²) in [4.78, 5) is 28.0. The van der Waals surface area contributed by atoms with E-state index in [9.17, 15) is 9.59 Å². The standard InChI is InChI=1S/C23H32N2O4/c1-5-11-24(12-6-2)19-14-20(25(15-19)22(26)13-17(3)4)16-29-21-9-7-18(8-10-21)23(27)28/h5-10,17,19-20H,1-2,11-16H2,3-4H3,(H,27,28)/t19-,20-/m0/s1. The molecule has 0 aliphatic carbocycles. The molecule has 6 nitrogen and oxygen atoms in total. The lowest BCUT2D eigenvalue weighted by molar-refractivity contribution is -0.133. The van der Waals surface area contributed by atoms with Crippen LogP contribution in [0.1, 0.15) is 37.0 Å². The molecule has 158 valence electrons. The largest absolute Gasteiger partial charge is 0.491 e. The summed E-state index contributed by atoms with van der Waals surface area (Å²) in [7, 11) is 0. The summed E-state index contributed by atoms with van der Waals surface area (Å²) in [6.45, 7) is 14.3. The fraction of sp³-hybridized carbons (Fsp3) is 0.478. The first-order valence-corrected chi connectivity index (χ1v) is 10.1. The number of ether oxygens (including phenoxy) is 1. The second-order valence-electron chi connectivity index (χ2n) is 7.86. The monoisotopic (exact) mass is 400 g/mol. The predicted molar refractivity (Wildman–Crippen MR) is 114 cm³/mol. The Kier molecular flexibility index (Phi) is 8.46. The van der Waals surface area contributed by atoms with Crippen LogP contribution in [0.25, 0.3) is 0 Å². The number of likely N-dealkylation sites (tertiary alicyclic amines) is 1. The van der Waals surface area contributed by atoms with Crippen LogP contribution in [0.15, 0.2) is 49.6 Å². The molecular formula is C23H32N2O4. The van der Waals surface area contributed by atoms with Gasteiger partial charge in [0.15, 0.2) is 0 Å². The molecule has 1 aliphatic rings. The average Bonchev–Trinajstić information content (AvgIpc) is 3.10. The van der Waals surface area contributed by atoms with Crippen molar-refractivity contribution in [3.05, 3.63) is 55.1 Å². The minimum atomic E-state index is -0.967. The Morgan fingerprint density at radius 3 is 2.38 bits per heavy atom. The van der Waals surface area contributed by atoms with Crippen LogP contribution in [0.4, 0.5) is 0 Å². The summed E-state index contributed by atoms with van der Waals surface area (Å²) in [5.41, 5.74) is 0.219. The molecule has 0 unspecified atom stereocenters. The van der Waals surface area contributed by atoms with E-state index < -0.39 is 5.97 Å². The van der Waals surface area contributed by atoms with Gasteiger partial charge in [-0.15, -0.1) is 13.2 Å². The van der Waals surface area contributed by atoms with E-state index in [0.717, 1.165) is 19.5 Å². The SMILES string of the molecule is C=CCN(CC=C)[C@H]1C[C@@H](COc2ccc(C(=O)O)cc2)N(C(=O)CC(C)C)C1. The van der Waals surface area contributed by atoms with Crippen molar-refractivity contribution in [2.24, 2.45) is 5.92 Å². The van der Waals surface area contributed by atoms with Gasteiger partial charge in [0.2, 0.25) is 5.91 Å². The second-order valence-corrected chi connectivity index (χ2v) is 7.86. The van der Waals surface area contributed by atoms with Gasteiger partial charge < -0.3 is 14.7 Å². The van der Waals surface area contributed by atoms with Crippen molar-refractivity contribution in [2.75, 3.05) is 26.2 Å². The van der Waals surface area contributed by atoms with Gasteiger partial charge in [-0.25, -0.2) is 4.79 Å². The van der Waals surface area contributed by atoms with E-state index in [1.54, 1.807) is 12.1 Å². The minimum absolute atomic E-state index is 0.0254. The van der Waals surface area contributed by atoms with E-state index in [0.29, 0.717) is 31.2 Å².